The minimum atomic E-state index is -0.0318. The zero-order valence-corrected chi connectivity index (χ0v) is 14.8. The summed E-state index contributed by atoms with van der Waals surface area (Å²) in [5, 5.41) is 7.71. The van der Waals surface area contributed by atoms with Crippen molar-refractivity contribution in [3.8, 4) is 5.75 Å². The normalized spacial score (nSPS) is 10.5. The van der Waals surface area contributed by atoms with E-state index < -0.39 is 0 Å². The Morgan fingerprint density at radius 2 is 2.21 bits per heavy atom. The van der Waals surface area contributed by atoms with Gasteiger partial charge in [-0.2, -0.15) is 0 Å². The van der Waals surface area contributed by atoms with Gasteiger partial charge in [0.05, 0.1) is 16.8 Å². The Kier molecular flexibility index (Phi) is 5.55. The Labute approximate surface area is 148 Å². The largest absolute Gasteiger partial charge is 0.485 e. The molecule has 3 aromatic rings. The van der Waals surface area contributed by atoms with Gasteiger partial charge in [0.15, 0.2) is 0 Å². The van der Waals surface area contributed by atoms with Crippen LogP contribution in [0.5, 0.6) is 5.75 Å². The number of thiazole rings is 1. The predicted octanol–water partition coefficient (Wildman–Crippen LogP) is 3.46. The van der Waals surface area contributed by atoms with Gasteiger partial charge in [-0.1, -0.05) is 6.07 Å². The van der Waals surface area contributed by atoms with Crippen molar-refractivity contribution in [2.45, 2.75) is 20.0 Å². The fourth-order valence-corrected chi connectivity index (χ4v) is 3.39. The van der Waals surface area contributed by atoms with Crippen LogP contribution in [0.15, 0.2) is 41.2 Å². The highest BCUT2D eigenvalue weighted by molar-refractivity contribution is 7.12. The third-order valence-corrected chi connectivity index (χ3v) is 5.00. The van der Waals surface area contributed by atoms with Gasteiger partial charge in [-0.15, -0.1) is 22.7 Å². The number of ether oxygens (including phenoxy) is 1. The molecule has 5 nitrogen and oxygen atoms in total. The maximum absolute atomic E-state index is 11.8. The molecular formula is C17H17N3O2S2. The van der Waals surface area contributed by atoms with E-state index in [0.717, 1.165) is 27.0 Å². The Balaban J connectivity index is 1.43. The molecule has 1 N–H and O–H groups in total. The fourth-order valence-electron chi connectivity index (χ4n) is 2.01. The molecule has 124 valence electrons. The summed E-state index contributed by atoms with van der Waals surface area (Å²) < 4.78 is 5.67. The number of aromatic nitrogens is 2. The smallest absolute Gasteiger partial charge is 0.261 e. The number of aryl methyl sites for hydroxylation is 1. The third-order valence-electron chi connectivity index (χ3n) is 3.26. The van der Waals surface area contributed by atoms with Gasteiger partial charge < -0.3 is 10.1 Å². The maximum Gasteiger partial charge on any atom is 0.261 e. The van der Waals surface area contributed by atoms with Crippen molar-refractivity contribution in [3.63, 3.8) is 0 Å². The fraction of sp³-hybridized carbons (Fsp3) is 0.235. The predicted molar refractivity (Wildman–Crippen MR) is 95.8 cm³/mol. The van der Waals surface area contributed by atoms with E-state index in [2.05, 4.69) is 15.3 Å². The SMILES string of the molecule is Cc1ccc(OCc2nc(CCNC(=O)c3cccs3)cs2)cn1. The van der Waals surface area contributed by atoms with Crippen LogP contribution in [0.25, 0.3) is 0 Å². The van der Waals surface area contributed by atoms with Crippen molar-refractivity contribution >= 4 is 28.6 Å². The molecule has 0 fully saturated rings. The summed E-state index contributed by atoms with van der Waals surface area (Å²) in [7, 11) is 0. The number of hydrogen-bond acceptors (Lipinski definition) is 6. The number of carbonyl (C=O) groups is 1. The second-order valence-electron chi connectivity index (χ2n) is 5.14. The van der Waals surface area contributed by atoms with Gasteiger partial charge in [-0.3, -0.25) is 9.78 Å². The maximum atomic E-state index is 11.8. The summed E-state index contributed by atoms with van der Waals surface area (Å²) in [6.45, 7) is 2.94. The second kappa shape index (κ2) is 8.03. The molecule has 0 saturated carbocycles. The van der Waals surface area contributed by atoms with E-state index in [1.54, 1.807) is 17.5 Å². The van der Waals surface area contributed by atoms with E-state index >= 15 is 0 Å². The van der Waals surface area contributed by atoms with Crippen LogP contribution in [0.3, 0.4) is 0 Å². The lowest BCUT2D eigenvalue weighted by Crippen LogP contribution is -2.24. The molecule has 0 atom stereocenters. The molecule has 0 aliphatic heterocycles. The highest BCUT2D eigenvalue weighted by Gasteiger charge is 2.07. The quantitative estimate of drug-likeness (QED) is 0.702. The molecular weight excluding hydrogens is 342 g/mol. The summed E-state index contributed by atoms with van der Waals surface area (Å²) in [5.41, 5.74) is 1.93. The molecule has 7 heteroatoms. The molecule has 24 heavy (non-hydrogen) atoms. The van der Waals surface area contributed by atoms with E-state index in [1.165, 1.54) is 11.3 Å². The van der Waals surface area contributed by atoms with Crippen molar-refractivity contribution in [2.75, 3.05) is 6.54 Å². The van der Waals surface area contributed by atoms with Gasteiger partial charge in [0.25, 0.3) is 5.91 Å². The van der Waals surface area contributed by atoms with Gasteiger partial charge in [0, 0.05) is 24.0 Å². The van der Waals surface area contributed by atoms with Crippen LogP contribution in [0, 0.1) is 6.92 Å². The third kappa shape index (κ3) is 4.62. The average Bonchev–Trinajstić information content (AvgIpc) is 3.26. The first kappa shape index (κ1) is 16.6. The van der Waals surface area contributed by atoms with Gasteiger partial charge >= 0.3 is 0 Å². The Hall–Kier alpha value is -2.25. The second-order valence-corrected chi connectivity index (χ2v) is 7.03. The number of carbonyl (C=O) groups excluding carboxylic acids is 1. The summed E-state index contributed by atoms with van der Waals surface area (Å²) >= 11 is 3.00. The molecule has 3 aromatic heterocycles. The summed E-state index contributed by atoms with van der Waals surface area (Å²) in [5.74, 6) is 0.705. The molecule has 0 aromatic carbocycles. The molecule has 0 bridgehead atoms. The summed E-state index contributed by atoms with van der Waals surface area (Å²) in [4.78, 5) is 21.3. The highest BCUT2D eigenvalue weighted by atomic mass is 32.1. The lowest BCUT2D eigenvalue weighted by atomic mass is 10.3. The topological polar surface area (TPSA) is 64.1 Å². The molecule has 0 unspecified atom stereocenters. The molecule has 0 spiro atoms. The summed E-state index contributed by atoms with van der Waals surface area (Å²) in [6.07, 6.45) is 2.42. The van der Waals surface area contributed by atoms with Crippen molar-refractivity contribution in [1.29, 1.82) is 0 Å². The molecule has 1 amide bonds. The molecule has 3 heterocycles. The van der Waals surface area contributed by atoms with Crippen LogP contribution in [0.4, 0.5) is 0 Å². The Morgan fingerprint density at radius 3 is 2.96 bits per heavy atom. The van der Waals surface area contributed by atoms with Crippen LogP contribution in [0.1, 0.15) is 26.1 Å². The number of nitrogens with one attached hydrogen (secondary N) is 1. The Morgan fingerprint density at radius 1 is 1.29 bits per heavy atom. The number of rotatable bonds is 7. The van der Waals surface area contributed by atoms with E-state index in [1.807, 2.05) is 41.9 Å². The van der Waals surface area contributed by atoms with Crippen molar-refractivity contribution in [3.05, 3.63) is 62.5 Å². The zero-order valence-electron chi connectivity index (χ0n) is 13.2. The van der Waals surface area contributed by atoms with Crippen LogP contribution in [-0.2, 0) is 13.0 Å². The number of hydrogen-bond donors (Lipinski definition) is 1. The summed E-state index contributed by atoms with van der Waals surface area (Å²) in [6, 6.07) is 7.50. The number of thiophene rings is 1. The lowest BCUT2D eigenvalue weighted by molar-refractivity contribution is 0.0958. The Bertz CT molecular complexity index is 783. The molecule has 3 rings (SSSR count). The monoisotopic (exact) mass is 359 g/mol. The van der Waals surface area contributed by atoms with Crippen molar-refractivity contribution in [1.82, 2.24) is 15.3 Å². The first-order valence-electron chi connectivity index (χ1n) is 7.51. The van der Waals surface area contributed by atoms with E-state index in [9.17, 15) is 4.79 Å². The first-order chi connectivity index (χ1) is 11.7. The number of nitrogens with zero attached hydrogens (tertiary/aromatic N) is 2. The molecule has 0 radical (unpaired) electrons. The lowest BCUT2D eigenvalue weighted by Gasteiger charge is -2.03. The van der Waals surface area contributed by atoms with Crippen LogP contribution >= 0.6 is 22.7 Å². The van der Waals surface area contributed by atoms with Crippen LogP contribution in [0.2, 0.25) is 0 Å². The highest BCUT2D eigenvalue weighted by Crippen LogP contribution is 2.15. The first-order valence-corrected chi connectivity index (χ1v) is 9.27. The van der Waals surface area contributed by atoms with Crippen molar-refractivity contribution < 1.29 is 9.53 Å². The number of amides is 1. The molecule has 0 saturated heterocycles. The molecule has 0 aliphatic rings. The van der Waals surface area contributed by atoms with Gasteiger partial charge in [-0.05, 0) is 30.5 Å². The number of pyridine rings is 1. The van der Waals surface area contributed by atoms with E-state index in [0.29, 0.717) is 19.6 Å². The van der Waals surface area contributed by atoms with Gasteiger partial charge in [0.2, 0.25) is 0 Å². The average molecular weight is 359 g/mol. The van der Waals surface area contributed by atoms with E-state index in [-0.39, 0.29) is 5.91 Å². The standard InChI is InChI=1S/C17H17N3O2S2/c1-12-4-5-14(9-19-12)22-10-16-20-13(11-24-16)6-7-18-17(21)15-3-2-8-23-15/h2-5,8-9,11H,6-7,10H2,1H3,(H,18,21). The van der Waals surface area contributed by atoms with Gasteiger partial charge in [0.1, 0.15) is 17.4 Å². The molecule has 0 aliphatic carbocycles. The van der Waals surface area contributed by atoms with E-state index in [4.69, 9.17) is 4.74 Å². The minimum absolute atomic E-state index is 0.0318. The van der Waals surface area contributed by atoms with Crippen LogP contribution in [-0.4, -0.2) is 22.4 Å². The zero-order chi connectivity index (χ0) is 16.8. The minimum Gasteiger partial charge on any atom is -0.485 e. The van der Waals surface area contributed by atoms with Crippen LogP contribution < -0.4 is 10.1 Å². The van der Waals surface area contributed by atoms with Crippen molar-refractivity contribution in [2.24, 2.45) is 0 Å². The van der Waals surface area contributed by atoms with Gasteiger partial charge in [-0.25, -0.2) is 4.98 Å².